The number of aliphatic carboxylic acids is 4. The summed E-state index contributed by atoms with van der Waals surface area (Å²) in [6.07, 6.45) is 19.1. The first-order valence-corrected chi connectivity index (χ1v) is 47.7. The number of carboxylic acids is 4. The van der Waals surface area contributed by atoms with E-state index in [9.17, 15) is 43.5 Å². The molecule has 1 unspecified atom stereocenters. The van der Waals surface area contributed by atoms with Gasteiger partial charge in [-0.2, -0.15) is 0 Å². The Labute approximate surface area is 788 Å². The molecule has 39 heteroatoms. The van der Waals surface area contributed by atoms with Gasteiger partial charge >= 0.3 is 23.9 Å². The molecule has 4 aromatic carbocycles. The number of fused-ring (bicyclic) bond motifs is 8. The molecule has 10 heterocycles. The Bertz CT molecular complexity index is 6060. The SMILES string of the molecule is C=c1nc2c(c(=O)[nH]1)=Nc1cc(C)c(NCC(O)CO)cc1N2CCCCCCC(=O)O.C=c1nc2c(c(=O)[nH]1)=Nc1cc(C)c(NCCCNCCCCNCCCN)cc1N2CCCCCCC(=O)O.C=c1nc2c(c(=O)[nH]1)=Nc1cc(C)c(N[C@@H]3CCNC3)cc1N2CCCCCCC(=O)O.C=c1nc2c(c(=O)[nH]1)=Nc1cc(C)c(N[C@H]3CCNC3)cc1N2CCCCCCC(=O)O. The third-order valence-corrected chi connectivity index (χ3v) is 24.1. The Morgan fingerprint density at radius 2 is 0.684 bits per heavy atom. The fraction of sp³-hybridized carbons (Fsp3) is 0.505. The zero-order chi connectivity index (χ0) is 97.3. The predicted molar refractivity (Wildman–Crippen MR) is 532 cm³/mol. The quantitative estimate of drug-likeness (QED) is 0.0191. The number of hydrogen-bond donors (Lipinski definition) is 19. The van der Waals surface area contributed by atoms with Crippen molar-refractivity contribution in [1.82, 2.24) is 61.1 Å². The maximum Gasteiger partial charge on any atom is 0.303 e. The minimum Gasteiger partial charge on any atom is -0.481 e. The van der Waals surface area contributed by atoms with Crippen LogP contribution in [0.25, 0.3) is 26.3 Å². The van der Waals surface area contributed by atoms with E-state index in [1.807, 2.05) is 62.9 Å². The summed E-state index contributed by atoms with van der Waals surface area (Å²) in [6.45, 7) is 35.1. The van der Waals surface area contributed by atoms with E-state index in [4.69, 9.17) is 31.3 Å². The molecule has 0 radical (unpaired) electrons. The number of aryl methyl sites for hydroxylation is 4. The highest BCUT2D eigenvalue weighted by Crippen LogP contribution is 2.44. The highest BCUT2D eigenvalue weighted by Gasteiger charge is 2.31. The summed E-state index contributed by atoms with van der Waals surface area (Å²) < 4.78 is 0. The summed E-state index contributed by atoms with van der Waals surface area (Å²) in [5, 5.41) is 82.8. The number of hydrogen-bond acceptors (Lipinski definition) is 31. The number of nitrogens with zero attached hydrogens (tertiary/aromatic N) is 12. The van der Waals surface area contributed by atoms with E-state index in [-0.39, 0.29) is 71.9 Å². The minimum absolute atomic E-state index is 0.157. The lowest BCUT2D eigenvalue weighted by Crippen LogP contribution is -2.42. The smallest absolute Gasteiger partial charge is 0.303 e. The Morgan fingerprint density at radius 1 is 0.397 bits per heavy atom. The number of benzene rings is 4. The normalized spacial score (nSPS) is 14.6. The first-order valence-electron chi connectivity index (χ1n) is 47.7. The van der Waals surface area contributed by atoms with E-state index < -0.39 is 30.0 Å². The Kier molecular flexibility index (Phi) is 39.4. The number of H-pyrrole nitrogens is 4. The van der Waals surface area contributed by atoms with Crippen LogP contribution in [0.5, 0.6) is 0 Å². The van der Waals surface area contributed by atoms with Gasteiger partial charge in [0.05, 0.1) is 58.2 Å². The number of anilines is 12. The molecular weight excluding hydrogens is 1740 g/mol. The van der Waals surface area contributed by atoms with E-state index in [0.29, 0.717) is 125 Å². The van der Waals surface area contributed by atoms with Crippen molar-refractivity contribution in [1.29, 1.82) is 0 Å². The van der Waals surface area contributed by atoms with Gasteiger partial charge in [-0.1, -0.05) is 77.7 Å². The molecule has 2 saturated heterocycles. The molecule has 0 aliphatic carbocycles. The third kappa shape index (κ3) is 29.8. The molecule has 6 aliphatic rings. The van der Waals surface area contributed by atoms with Crippen molar-refractivity contribution in [2.75, 3.05) is 146 Å². The van der Waals surface area contributed by atoms with Crippen LogP contribution >= 0.6 is 0 Å². The molecule has 20 N–H and O–H groups in total. The van der Waals surface area contributed by atoms with Crippen molar-refractivity contribution < 1.29 is 49.8 Å². The first kappa shape index (κ1) is 104. The fourth-order valence-electron chi connectivity index (χ4n) is 16.9. The second-order valence-corrected chi connectivity index (χ2v) is 35.2. The predicted octanol–water partition coefficient (Wildman–Crippen LogP) is 6.13. The molecule has 0 spiro atoms. The molecule has 14 rings (SSSR count). The van der Waals surface area contributed by atoms with Crippen molar-refractivity contribution in [2.45, 2.75) is 213 Å². The molecule has 2 fully saturated rings. The van der Waals surface area contributed by atoms with E-state index in [2.05, 4.69) is 162 Å². The Morgan fingerprint density at radius 3 is 0.978 bits per heavy atom. The lowest BCUT2D eigenvalue weighted by atomic mass is 10.1. The molecule has 0 amide bonds. The number of aliphatic hydroxyl groups excluding tert-OH is 2. The van der Waals surface area contributed by atoms with Gasteiger partial charge in [-0.15, -0.1) is 0 Å². The highest BCUT2D eigenvalue weighted by molar-refractivity contribution is 5.85. The van der Waals surface area contributed by atoms with Crippen molar-refractivity contribution in [3.8, 4) is 0 Å². The number of rotatable bonds is 49. The Hall–Kier alpha value is -12.9. The molecule has 3 atom stereocenters. The largest absolute Gasteiger partial charge is 0.481 e. The van der Waals surface area contributed by atoms with Gasteiger partial charge in [-0.05, 0) is 234 Å². The van der Waals surface area contributed by atoms with Crippen molar-refractivity contribution >= 4 is 142 Å². The summed E-state index contributed by atoms with van der Waals surface area (Å²) >= 11 is 0. The van der Waals surface area contributed by atoms with Crippen LogP contribution in [0.15, 0.2) is 87.7 Å². The molecule has 732 valence electrons. The third-order valence-electron chi connectivity index (χ3n) is 24.1. The highest BCUT2D eigenvalue weighted by atomic mass is 16.4. The maximum absolute atomic E-state index is 12.7. The number of unbranched alkanes of at least 4 members (excludes halogenated alkanes) is 13. The monoisotopic (exact) mass is 1870 g/mol. The number of carbonyl (C=O) groups is 4. The number of aromatic amines is 4. The van der Waals surface area contributed by atoms with E-state index in [1.54, 1.807) is 0 Å². The van der Waals surface area contributed by atoms with E-state index >= 15 is 0 Å². The Balaban J connectivity index is 0.000000175. The van der Waals surface area contributed by atoms with Crippen LogP contribution in [0, 0.1) is 27.7 Å². The van der Waals surface area contributed by atoms with Crippen LogP contribution in [0.2, 0.25) is 0 Å². The van der Waals surface area contributed by atoms with E-state index in [1.165, 1.54) is 0 Å². The van der Waals surface area contributed by atoms with E-state index in [0.717, 1.165) is 266 Å². The molecular formula is C97H135N25O14. The molecule has 8 aromatic rings. The molecule has 6 aliphatic heterocycles. The number of aromatic nitrogens is 8. The van der Waals surface area contributed by atoms with Crippen LogP contribution in [0.1, 0.15) is 189 Å². The summed E-state index contributed by atoms with van der Waals surface area (Å²) in [6, 6.07) is 16.9. The van der Waals surface area contributed by atoms with Gasteiger partial charge in [0, 0.05) is 113 Å². The van der Waals surface area contributed by atoms with Gasteiger partial charge in [0.1, 0.15) is 21.9 Å². The summed E-state index contributed by atoms with van der Waals surface area (Å²) in [7, 11) is 0. The second-order valence-electron chi connectivity index (χ2n) is 35.2. The van der Waals surface area contributed by atoms with Gasteiger partial charge in [-0.3, -0.25) is 38.4 Å². The van der Waals surface area contributed by atoms with Crippen LogP contribution in [-0.2, 0) is 19.2 Å². The molecule has 39 nitrogen and oxygen atoms in total. The lowest BCUT2D eigenvalue weighted by molar-refractivity contribution is -0.138. The van der Waals surface area contributed by atoms with Crippen LogP contribution < -0.4 is 133 Å². The van der Waals surface area contributed by atoms with Crippen molar-refractivity contribution in [2.24, 2.45) is 25.7 Å². The lowest BCUT2D eigenvalue weighted by Gasteiger charge is -2.29. The number of aliphatic hydroxyl groups is 2. The zero-order valence-electron chi connectivity index (χ0n) is 78.8. The minimum atomic E-state index is -0.883. The first-order chi connectivity index (χ1) is 65.5. The zero-order valence-corrected chi connectivity index (χ0v) is 78.8. The molecule has 4 aromatic heterocycles. The topological polar surface area (TPSA) is 557 Å². The van der Waals surface area contributed by atoms with Crippen molar-refractivity contribution in [3.63, 3.8) is 0 Å². The van der Waals surface area contributed by atoms with Crippen LogP contribution in [-0.4, -0.2) is 217 Å². The average molecular weight is 1880 g/mol. The summed E-state index contributed by atoms with van der Waals surface area (Å²) in [5.41, 5.74) is 19.8. The van der Waals surface area contributed by atoms with Gasteiger partial charge in [0.2, 0.25) is 0 Å². The number of nitrogens with two attached hydrogens (primary N) is 1. The molecule has 0 bridgehead atoms. The number of carboxylic acid groups (broad SMARTS) is 4. The fourth-order valence-corrected chi connectivity index (χ4v) is 16.9. The summed E-state index contributed by atoms with van der Waals surface area (Å²) in [4.78, 5) is 148. The standard InChI is InChI=1S/C29H46N8O3.2C23H30N6O3.C22H29N5O5/c1-21-19-24-25(20-23(21)33-17-10-16-32-14-7-6-13-31-15-9-12-30)37(18-8-4-3-5-11-26(38)39)28-27(36-24)29(40)35-22(2)34-28;2*1-14-11-18-19(12-17(14)27-16-8-9-24-13-16)29(10-6-4-3-5-7-20(30)31)22-21(28-18)23(32)26-15(2)25-22;1-13-9-17-18(10-16(13)23-11-15(29)12-28)27(8-6-4-3-5-7-19(30)31)21-20(26-17)22(32)25-14(2)24-21/h19-20,31-33H,2-18,30H2,1H3,(H,35,40)(H,38,39);2*11-12,16,24,27H,2-10,13H2,1H3,(H,26,32)(H,30,31);9-10,15,23,28-29H,2-8,11-12H2,1H3,(H,25,32)(H,30,31)/t;2*16-;/m.10./s1. The molecule has 136 heavy (non-hydrogen) atoms. The molecule has 0 saturated carbocycles. The van der Waals surface area contributed by atoms with Crippen LogP contribution in [0.3, 0.4) is 0 Å². The van der Waals surface area contributed by atoms with Gasteiger partial charge in [0.15, 0.2) is 44.7 Å². The van der Waals surface area contributed by atoms with Gasteiger partial charge < -0.3 is 118 Å². The van der Waals surface area contributed by atoms with Crippen LogP contribution in [0.4, 0.5) is 91.5 Å². The number of nitrogens with one attached hydrogen (secondary N) is 12. The van der Waals surface area contributed by atoms with Crippen molar-refractivity contribution in [3.05, 3.63) is 156 Å². The summed E-state index contributed by atoms with van der Waals surface area (Å²) in [5.74, 6) is -1.08. The van der Waals surface area contributed by atoms with Gasteiger partial charge in [0.25, 0.3) is 22.2 Å². The van der Waals surface area contributed by atoms with Gasteiger partial charge in [-0.25, -0.2) is 39.9 Å². The second kappa shape index (κ2) is 51.7. The maximum atomic E-state index is 12.7. The average Bonchev–Trinajstić information content (AvgIpc) is 0.822.